The number of hydrogen-bond acceptors (Lipinski definition) is 6. The molecule has 0 rings (SSSR count). The van der Waals surface area contributed by atoms with Crippen LogP contribution in [0.3, 0.4) is 0 Å². The van der Waals surface area contributed by atoms with Crippen LogP contribution in [-0.4, -0.2) is 32.6 Å². The summed E-state index contributed by atoms with van der Waals surface area (Å²) in [6.45, 7) is 8.38. The second-order valence-electron chi connectivity index (χ2n) is 2.45. The van der Waals surface area contributed by atoms with Gasteiger partial charge in [-0.2, -0.15) is 0 Å². The van der Waals surface area contributed by atoms with E-state index in [9.17, 15) is 0 Å². The van der Waals surface area contributed by atoms with Crippen LogP contribution in [0.1, 0.15) is 20.8 Å². The molecule has 0 aromatic rings. The first kappa shape index (κ1) is 28.1. The molecule has 0 bridgehead atoms. The van der Waals surface area contributed by atoms with Crippen LogP contribution in [0.4, 0.5) is 0 Å². The Morgan fingerprint density at radius 1 is 0.684 bits per heavy atom. The minimum Gasteiger partial charge on any atom is -0.412 e. The average Bonchev–Trinajstić information content (AvgIpc) is 2.18. The first-order chi connectivity index (χ1) is 8.31. The van der Waals surface area contributed by atoms with Crippen molar-refractivity contribution in [2.24, 2.45) is 0 Å². The Bertz CT molecular complexity index is 202. The van der Waals surface area contributed by atoms with Crippen molar-refractivity contribution < 1.29 is 17.1 Å². The van der Waals surface area contributed by atoms with E-state index in [1.807, 2.05) is 20.8 Å². The number of nitrogens with one attached hydrogen (secondary N) is 3. The summed E-state index contributed by atoms with van der Waals surface area (Å²) >= 11 is 27.0. The maximum Gasteiger partial charge on any atom is 3.00 e. The molecule has 0 aliphatic heterocycles. The first-order valence-corrected chi connectivity index (χ1v) is 7.61. The van der Waals surface area contributed by atoms with Crippen LogP contribution in [0.2, 0.25) is 0 Å². The van der Waals surface area contributed by atoms with E-state index >= 15 is 0 Å². The molecule has 0 unspecified atom stereocenters. The number of hydrogen-bond donors (Lipinski definition) is 3. The fourth-order valence-electron chi connectivity index (χ4n) is 0.433. The smallest absolute Gasteiger partial charge is 0.412 e. The van der Waals surface area contributed by atoms with Gasteiger partial charge in [-0.3, -0.25) is 0 Å². The Morgan fingerprint density at radius 3 is 0.842 bits per heavy atom. The molecular formula is C9H18FeN3S6. The molecule has 0 amide bonds. The van der Waals surface area contributed by atoms with Crippen LogP contribution >= 0.6 is 36.7 Å². The molecule has 10 heteroatoms. The van der Waals surface area contributed by atoms with E-state index in [0.717, 1.165) is 19.6 Å². The van der Waals surface area contributed by atoms with Gasteiger partial charge in [0.2, 0.25) is 0 Å². The fourth-order valence-corrected chi connectivity index (χ4v) is 1.30. The zero-order valence-corrected chi connectivity index (χ0v) is 16.9. The quantitative estimate of drug-likeness (QED) is 0.358. The SMILES string of the molecule is CCNC(=S)[S-].CCNC(=S)[S-].CCNC(=S)[S-].[Fe+3]. The largest absolute Gasteiger partial charge is 3.00 e. The van der Waals surface area contributed by atoms with Crippen molar-refractivity contribution in [1.82, 2.24) is 16.0 Å². The molecule has 113 valence electrons. The minimum atomic E-state index is 0. The monoisotopic (exact) mass is 416 g/mol. The summed E-state index contributed by atoms with van der Waals surface area (Å²) in [4.78, 5) is 0. The van der Waals surface area contributed by atoms with Crippen LogP contribution in [0.15, 0.2) is 0 Å². The standard InChI is InChI=1S/3C3H7NS2.Fe/c3*1-2-4-3(5)6;/h3*2H2,1H3,(H2,4,5,6);/q;;;+3/p-3. The van der Waals surface area contributed by atoms with Gasteiger partial charge in [0.1, 0.15) is 0 Å². The molecule has 0 saturated carbocycles. The molecule has 0 atom stereocenters. The van der Waals surface area contributed by atoms with Crippen molar-refractivity contribution in [3.63, 3.8) is 0 Å². The van der Waals surface area contributed by atoms with Gasteiger partial charge in [-0.15, -0.1) is 0 Å². The molecule has 0 fully saturated rings. The molecule has 0 saturated heterocycles. The summed E-state index contributed by atoms with van der Waals surface area (Å²) in [7, 11) is 0. The van der Waals surface area contributed by atoms with Crippen molar-refractivity contribution in [3.8, 4) is 0 Å². The second kappa shape index (κ2) is 23.9. The van der Waals surface area contributed by atoms with Crippen LogP contribution < -0.4 is 16.0 Å². The Balaban J connectivity index is -0.0000000865. The summed E-state index contributed by atoms with van der Waals surface area (Å²) in [5.74, 6) is 0. The van der Waals surface area contributed by atoms with Crippen LogP contribution in [-0.2, 0) is 55.0 Å². The third-order valence-corrected chi connectivity index (χ3v) is 1.83. The zero-order valence-electron chi connectivity index (χ0n) is 10.9. The number of thiocarbonyl (C=S) groups is 3. The van der Waals surface area contributed by atoms with E-state index in [2.05, 4.69) is 90.5 Å². The van der Waals surface area contributed by atoms with Gasteiger partial charge in [-0.1, -0.05) is 13.0 Å². The van der Waals surface area contributed by atoms with Crippen molar-refractivity contribution in [3.05, 3.63) is 0 Å². The Kier molecular flexibility index (Phi) is 35.3. The van der Waals surface area contributed by atoms with E-state index in [1.54, 1.807) is 0 Å². The predicted molar refractivity (Wildman–Crippen MR) is 101 cm³/mol. The van der Waals surface area contributed by atoms with Gasteiger partial charge in [0, 0.05) is 19.6 Å². The van der Waals surface area contributed by atoms with Gasteiger partial charge in [0.25, 0.3) is 0 Å². The summed E-state index contributed by atoms with van der Waals surface area (Å²) < 4.78 is 1.37. The van der Waals surface area contributed by atoms with Crippen LogP contribution in [0, 0.1) is 0 Å². The maximum atomic E-state index is 4.50. The molecule has 3 N–H and O–H groups in total. The van der Waals surface area contributed by atoms with Gasteiger partial charge >= 0.3 is 17.1 Å². The summed E-state index contributed by atoms with van der Waals surface area (Å²) in [5.41, 5.74) is 0. The van der Waals surface area contributed by atoms with Gasteiger partial charge in [-0.25, -0.2) is 0 Å². The molecule has 19 heavy (non-hydrogen) atoms. The molecule has 0 spiro atoms. The first-order valence-electron chi connectivity index (χ1n) is 5.16. The molecule has 3 nitrogen and oxygen atoms in total. The molecular weight excluding hydrogens is 398 g/mol. The van der Waals surface area contributed by atoms with E-state index in [4.69, 9.17) is 0 Å². The molecule has 0 aromatic heterocycles. The zero-order chi connectivity index (χ0) is 15.0. The molecule has 0 aliphatic carbocycles. The van der Waals surface area contributed by atoms with Gasteiger partial charge < -0.3 is 90.5 Å². The Hall–Kier alpha value is 0.849. The summed E-state index contributed by atoms with van der Waals surface area (Å²) in [6.07, 6.45) is 0. The Labute approximate surface area is 159 Å². The summed E-state index contributed by atoms with van der Waals surface area (Å²) in [6, 6.07) is 0. The topological polar surface area (TPSA) is 36.1 Å². The van der Waals surface area contributed by atoms with Gasteiger partial charge in [-0.05, 0) is 20.8 Å². The van der Waals surface area contributed by atoms with E-state index in [1.165, 1.54) is 0 Å². The van der Waals surface area contributed by atoms with Crippen molar-refractivity contribution in [1.29, 1.82) is 0 Å². The molecule has 0 aliphatic rings. The third-order valence-electron chi connectivity index (χ3n) is 0.963. The summed E-state index contributed by atoms with van der Waals surface area (Å²) in [5, 5.41) is 8.26. The van der Waals surface area contributed by atoms with Crippen LogP contribution in [0.25, 0.3) is 0 Å². The van der Waals surface area contributed by atoms with Crippen molar-refractivity contribution >= 4 is 87.5 Å². The second-order valence-corrected chi connectivity index (χ2v) is 5.68. The third kappa shape index (κ3) is 55.2. The van der Waals surface area contributed by atoms with Crippen molar-refractivity contribution in [2.75, 3.05) is 19.6 Å². The van der Waals surface area contributed by atoms with Gasteiger partial charge in [0.05, 0.1) is 0 Å². The van der Waals surface area contributed by atoms with E-state index < -0.39 is 0 Å². The number of rotatable bonds is 3. The van der Waals surface area contributed by atoms with Gasteiger partial charge in [0.15, 0.2) is 0 Å². The van der Waals surface area contributed by atoms with Crippen LogP contribution in [0.5, 0.6) is 0 Å². The average molecular weight is 417 g/mol. The molecule has 0 heterocycles. The minimum absolute atomic E-state index is 0. The van der Waals surface area contributed by atoms with E-state index in [-0.39, 0.29) is 17.1 Å². The Morgan fingerprint density at radius 2 is 0.842 bits per heavy atom. The normalized spacial score (nSPS) is 7.11. The molecule has 0 aromatic carbocycles. The molecule has 1 radical (unpaired) electrons. The van der Waals surface area contributed by atoms with Crippen molar-refractivity contribution in [2.45, 2.75) is 20.8 Å². The predicted octanol–water partition coefficient (Wildman–Crippen LogP) is 1.28. The maximum absolute atomic E-state index is 4.50. The van der Waals surface area contributed by atoms with E-state index in [0.29, 0.717) is 13.0 Å². The fraction of sp³-hybridized carbons (Fsp3) is 0.667.